The summed E-state index contributed by atoms with van der Waals surface area (Å²) in [5.74, 6) is 10.8. The standard InChI is InChI=1S/C9H10N4O.C9H13N3O2.C9H12N2.C9H14N2.C8H9N3.C8H10N2O.4C7H10N2.5CH4/c1-5-8(4-10-6(2)11-5)9-13-12-7(3)14-9;1-6-8(5-10-7(2)11-6)14-9(13)12(3)4;1-6-9(8-3-4-8)5-10-7(2)11-6;1-6(2)9-5-10-8(4)11-7(9)3;1-5-7-3-4-9-8(7)11-6(2)10-5;1-5-8(6(2)11)4-9-7(3)10-5;4*1-5-4-8-7(3)9-6(5)2;;;;;/h4H,1-3H3;5H,1-4H3;5,8H,3-4H2,1-2H3;5-6H,1-4H3;3-4H,1-2H3,(H,9,10,11);4H,1-3H3;4*4H,1-3H3;5*1H4. The SMILES string of the molecule is C.C.C.C.C.CC(=O)c1cnc(C)nc1C.Cc1nc(C)c2cc[nH]c2n1.Cc1ncc(-c2nnc(C)o2)c(C)n1.Cc1ncc(C(C)C)c(C)n1.Cc1ncc(C)c(C)n1.Cc1ncc(C)c(C)n1.Cc1ncc(C)c(C)n1.Cc1ncc(C)c(C)n1.Cc1ncc(C2CC2)c(C)n1.Cc1ncc(OC(=O)N(C)C)c(C)n1. The molecule has 113 heavy (non-hydrogen) atoms. The van der Waals surface area contributed by atoms with E-state index in [1.807, 2.05) is 188 Å². The summed E-state index contributed by atoms with van der Waals surface area (Å²) in [6.07, 6.45) is 20.2. The minimum absolute atomic E-state index is 0. The van der Waals surface area contributed by atoms with E-state index in [4.69, 9.17) is 9.15 Å². The molecule has 1 saturated carbocycles. The zero-order valence-corrected chi connectivity index (χ0v) is 68.8. The van der Waals surface area contributed by atoms with Crippen LogP contribution in [0.1, 0.15) is 247 Å². The van der Waals surface area contributed by atoms with Crippen LogP contribution < -0.4 is 4.74 Å². The highest BCUT2D eigenvalue weighted by Crippen LogP contribution is 2.40. The van der Waals surface area contributed by atoms with Crippen molar-refractivity contribution < 1.29 is 18.7 Å². The summed E-state index contributed by atoms with van der Waals surface area (Å²) < 4.78 is 10.3. The summed E-state index contributed by atoms with van der Waals surface area (Å²) in [7, 11) is 3.24. The molecule has 0 bridgehead atoms. The third kappa shape index (κ3) is 36.4. The lowest BCUT2D eigenvalue weighted by atomic mass is 10.0. The van der Waals surface area contributed by atoms with E-state index in [9.17, 15) is 9.59 Å². The number of aromatic nitrogens is 23. The number of nitrogens with zero attached hydrogens (tertiary/aromatic N) is 23. The maximum absolute atomic E-state index is 11.2. The van der Waals surface area contributed by atoms with Crippen molar-refractivity contribution in [1.82, 2.24) is 120 Å². The first kappa shape index (κ1) is 103. The van der Waals surface area contributed by atoms with Gasteiger partial charge in [-0.25, -0.2) is 104 Å². The van der Waals surface area contributed by atoms with Gasteiger partial charge in [-0.2, -0.15) is 0 Å². The Morgan fingerprint density at radius 2 is 0.770 bits per heavy atom. The number of aromatic amines is 1. The Hall–Kier alpha value is -11.6. The third-order valence-corrected chi connectivity index (χ3v) is 16.0. The summed E-state index contributed by atoms with van der Waals surface area (Å²) >= 11 is 0. The number of ketones is 1. The highest BCUT2D eigenvalue weighted by molar-refractivity contribution is 5.94. The van der Waals surface area contributed by atoms with E-state index in [0.29, 0.717) is 46.4 Å². The number of rotatable bonds is 5. The van der Waals surface area contributed by atoms with Gasteiger partial charge in [0.25, 0.3) is 5.89 Å². The second-order valence-electron chi connectivity index (χ2n) is 26.3. The molecule has 28 nitrogen and oxygen atoms in total. The molecular formula is C85H128N24O4. The van der Waals surface area contributed by atoms with Gasteiger partial charge in [-0.1, -0.05) is 51.0 Å². The van der Waals surface area contributed by atoms with Gasteiger partial charge in [-0.15, -0.1) is 10.2 Å². The van der Waals surface area contributed by atoms with Crippen molar-refractivity contribution in [3.05, 3.63) is 228 Å². The van der Waals surface area contributed by atoms with Gasteiger partial charge in [0.05, 0.1) is 40.1 Å². The molecule has 0 aliphatic heterocycles. The van der Waals surface area contributed by atoms with Crippen molar-refractivity contribution in [1.29, 1.82) is 0 Å². The van der Waals surface area contributed by atoms with E-state index in [0.717, 1.165) is 137 Å². The van der Waals surface area contributed by atoms with E-state index in [-0.39, 0.29) is 42.9 Å². The molecule has 0 atom stereocenters. The summed E-state index contributed by atoms with van der Waals surface area (Å²) in [4.78, 5) is 109. The molecule has 0 radical (unpaired) electrons. The molecule has 28 heteroatoms. The fourth-order valence-electron chi connectivity index (χ4n) is 9.34. The van der Waals surface area contributed by atoms with Gasteiger partial charge >= 0.3 is 6.09 Å². The molecule has 612 valence electrons. The van der Waals surface area contributed by atoms with Gasteiger partial charge in [-0.3, -0.25) is 4.79 Å². The third-order valence-electron chi connectivity index (χ3n) is 16.0. The van der Waals surface area contributed by atoms with Crippen LogP contribution in [0.5, 0.6) is 5.75 Å². The Morgan fingerprint density at radius 1 is 0.407 bits per heavy atom. The van der Waals surface area contributed by atoms with Crippen LogP contribution in [0, 0.1) is 173 Å². The molecule has 0 unspecified atom stereocenters. The Bertz CT molecular complexity index is 4670. The molecule has 1 aliphatic rings. The van der Waals surface area contributed by atoms with Gasteiger partial charge in [0.15, 0.2) is 11.5 Å². The Labute approximate surface area is 673 Å². The molecule has 0 aromatic carbocycles. The molecule has 0 saturated heterocycles. The molecule has 12 aromatic rings. The maximum Gasteiger partial charge on any atom is 0.414 e. The summed E-state index contributed by atoms with van der Waals surface area (Å²) in [5, 5.41) is 8.77. The van der Waals surface area contributed by atoms with Crippen LogP contribution in [0.15, 0.2) is 72.5 Å². The van der Waals surface area contributed by atoms with Crippen LogP contribution in [-0.4, -0.2) is 146 Å². The van der Waals surface area contributed by atoms with E-state index >= 15 is 0 Å². The Morgan fingerprint density at radius 3 is 1.12 bits per heavy atom. The number of aryl methyl sites for hydroxylation is 25. The second-order valence-corrected chi connectivity index (χ2v) is 26.3. The van der Waals surface area contributed by atoms with Crippen molar-refractivity contribution in [3.63, 3.8) is 0 Å². The molecular weight excluding hydrogens is 1420 g/mol. The smallest absolute Gasteiger partial charge is 0.414 e. The van der Waals surface area contributed by atoms with E-state index in [2.05, 4.69) is 136 Å². The number of ether oxygens (including phenoxy) is 1. The summed E-state index contributed by atoms with van der Waals surface area (Å²) in [6, 6.07) is 1.99. The normalized spacial score (nSPS) is 10.3. The Balaban J connectivity index is 0. The number of hydrogen-bond acceptors (Lipinski definition) is 26. The molecule has 1 amide bonds. The van der Waals surface area contributed by atoms with Gasteiger partial charge in [0.1, 0.15) is 63.9 Å². The van der Waals surface area contributed by atoms with Crippen LogP contribution in [0.2, 0.25) is 0 Å². The zero-order chi connectivity index (χ0) is 80.8. The molecule has 12 heterocycles. The molecule has 12 aromatic heterocycles. The van der Waals surface area contributed by atoms with Crippen molar-refractivity contribution in [2.75, 3.05) is 14.1 Å². The van der Waals surface area contributed by atoms with E-state index in [1.54, 1.807) is 54.2 Å². The van der Waals surface area contributed by atoms with Crippen molar-refractivity contribution in [2.45, 2.75) is 256 Å². The number of H-pyrrole nitrogens is 1. The van der Waals surface area contributed by atoms with Crippen LogP contribution in [0.4, 0.5) is 4.79 Å². The van der Waals surface area contributed by atoms with E-state index < -0.39 is 6.09 Å². The maximum atomic E-state index is 11.2. The first-order valence-electron chi connectivity index (χ1n) is 35.3. The molecule has 0 spiro atoms. The number of carbonyl (C=O) groups is 2. The van der Waals surface area contributed by atoms with Gasteiger partial charge in [-0.05, 0) is 237 Å². The number of Topliss-reactive ketones (excluding diaryl/α,β-unsaturated/α-hetero) is 1. The van der Waals surface area contributed by atoms with Gasteiger partial charge in [0, 0.05) is 116 Å². The first-order chi connectivity index (χ1) is 50.7. The fraction of sp³-hybridized carbons (Fsp3) is 0.459. The van der Waals surface area contributed by atoms with Crippen molar-refractivity contribution in [2.24, 2.45) is 0 Å². The fourth-order valence-corrected chi connectivity index (χ4v) is 9.34. The number of hydrogen-bond donors (Lipinski definition) is 1. The topological polar surface area (TPSA) is 359 Å². The number of nitrogens with one attached hydrogen (secondary N) is 1. The van der Waals surface area contributed by atoms with E-state index in [1.165, 1.54) is 47.7 Å². The van der Waals surface area contributed by atoms with Crippen LogP contribution in [0.25, 0.3) is 22.5 Å². The van der Waals surface area contributed by atoms with Crippen molar-refractivity contribution in [3.8, 4) is 17.2 Å². The zero-order valence-electron chi connectivity index (χ0n) is 68.8. The highest BCUT2D eigenvalue weighted by atomic mass is 16.6. The minimum Gasteiger partial charge on any atom is -0.421 e. The highest BCUT2D eigenvalue weighted by Gasteiger charge is 2.26. The molecule has 13 rings (SSSR count). The average Bonchev–Trinajstić information content (AvgIpc) is 1.75. The lowest BCUT2D eigenvalue weighted by molar-refractivity contribution is 0.101. The lowest BCUT2D eigenvalue weighted by Gasteiger charge is -2.11. The van der Waals surface area contributed by atoms with Crippen LogP contribution >= 0.6 is 0 Å². The number of carbonyl (C=O) groups excluding carboxylic acids is 2. The van der Waals surface area contributed by atoms with Crippen LogP contribution in [0.3, 0.4) is 0 Å². The number of amides is 1. The Kier molecular flexibility index (Phi) is 46.1. The summed E-state index contributed by atoms with van der Waals surface area (Å²) in [6.45, 7) is 53.9. The summed E-state index contributed by atoms with van der Waals surface area (Å²) in [5.41, 5.74) is 19.4. The van der Waals surface area contributed by atoms with Gasteiger partial charge in [0.2, 0.25) is 5.89 Å². The second kappa shape index (κ2) is 50.3. The predicted octanol–water partition coefficient (Wildman–Crippen LogP) is 18.5. The molecule has 1 aliphatic carbocycles. The quantitative estimate of drug-likeness (QED) is 0.156. The average molecular weight is 1550 g/mol. The minimum atomic E-state index is -0.430. The van der Waals surface area contributed by atoms with Crippen molar-refractivity contribution >= 4 is 22.9 Å². The number of fused-ring (bicyclic) bond motifs is 1. The first-order valence-corrected chi connectivity index (χ1v) is 35.3. The largest absolute Gasteiger partial charge is 0.421 e. The van der Waals surface area contributed by atoms with Crippen LogP contribution in [-0.2, 0) is 0 Å². The molecule has 1 N–H and O–H groups in total. The monoisotopic (exact) mass is 1550 g/mol. The predicted molar refractivity (Wildman–Crippen MR) is 453 cm³/mol. The molecule has 1 fully saturated rings. The van der Waals surface area contributed by atoms with Gasteiger partial charge < -0.3 is 19.0 Å². The lowest BCUT2D eigenvalue weighted by Crippen LogP contribution is -2.25.